The Kier molecular flexibility index (Phi) is 5.11. The molecule has 27 heavy (non-hydrogen) atoms. The minimum Gasteiger partial charge on any atom is -0.494 e. The second-order valence-electron chi connectivity index (χ2n) is 7.87. The van der Waals surface area contributed by atoms with Crippen molar-refractivity contribution >= 4 is 5.69 Å². The van der Waals surface area contributed by atoms with Crippen LogP contribution >= 0.6 is 0 Å². The van der Waals surface area contributed by atoms with Crippen LogP contribution in [-0.4, -0.2) is 13.2 Å². The molecule has 0 saturated heterocycles. The van der Waals surface area contributed by atoms with Crippen LogP contribution in [0.25, 0.3) is 0 Å². The summed E-state index contributed by atoms with van der Waals surface area (Å²) in [6.07, 6.45) is 5.77. The topological polar surface area (TPSA) is 30.5 Å². The van der Waals surface area contributed by atoms with Crippen LogP contribution in [0.5, 0.6) is 11.5 Å². The zero-order valence-corrected chi connectivity index (χ0v) is 16.4. The highest BCUT2D eigenvalue weighted by Gasteiger charge is 2.40. The highest BCUT2D eigenvalue weighted by molar-refractivity contribution is 5.68. The molecule has 142 valence electrons. The largest absolute Gasteiger partial charge is 0.494 e. The second-order valence-corrected chi connectivity index (χ2v) is 7.87. The quantitative estimate of drug-likeness (QED) is 0.644. The van der Waals surface area contributed by atoms with Gasteiger partial charge in [0, 0.05) is 11.5 Å². The standard InChI is InChI=1S/C24H29NO2/c1-4-26-21-13-6-5-9-20(21)23-18-11-7-10-17(18)19-12-8-14-22(24(19)25-23)27-15-16(2)3/h5-10,12-14,16-18,23,25H,4,11,15H2,1-3H3. The van der Waals surface area contributed by atoms with Crippen LogP contribution in [0.2, 0.25) is 0 Å². The average Bonchev–Trinajstić information content (AvgIpc) is 3.16. The maximum atomic E-state index is 6.16. The third-order valence-corrected chi connectivity index (χ3v) is 5.48. The zero-order valence-electron chi connectivity index (χ0n) is 16.4. The summed E-state index contributed by atoms with van der Waals surface area (Å²) in [6.45, 7) is 7.80. The summed E-state index contributed by atoms with van der Waals surface area (Å²) in [7, 11) is 0. The lowest BCUT2D eigenvalue weighted by Crippen LogP contribution is -2.30. The van der Waals surface area contributed by atoms with Gasteiger partial charge in [0.15, 0.2) is 0 Å². The highest BCUT2D eigenvalue weighted by Crippen LogP contribution is 2.53. The lowest BCUT2D eigenvalue weighted by molar-refractivity contribution is 0.270. The van der Waals surface area contributed by atoms with Crippen LogP contribution in [0.1, 0.15) is 50.3 Å². The number of anilines is 1. The molecular weight excluding hydrogens is 334 g/mol. The van der Waals surface area contributed by atoms with Crippen molar-refractivity contribution < 1.29 is 9.47 Å². The van der Waals surface area contributed by atoms with E-state index < -0.39 is 0 Å². The van der Waals surface area contributed by atoms with Crippen molar-refractivity contribution in [2.24, 2.45) is 11.8 Å². The molecule has 1 aliphatic heterocycles. The Balaban J connectivity index is 1.74. The van der Waals surface area contributed by atoms with Gasteiger partial charge in [-0.25, -0.2) is 0 Å². The normalized spacial score (nSPS) is 22.9. The number of nitrogens with one attached hydrogen (secondary N) is 1. The Hall–Kier alpha value is -2.42. The van der Waals surface area contributed by atoms with E-state index in [0.29, 0.717) is 24.4 Å². The Morgan fingerprint density at radius 3 is 2.59 bits per heavy atom. The van der Waals surface area contributed by atoms with E-state index in [2.05, 4.69) is 67.7 Å². The molecule has 2 aliphatic rings. The number of allylic oxidation sites excluding steroid dienone is 2. The maximum absolute atomic E-state index is 6.16. The molecule has 0 saturated carbocycles. The lowest BCUT2D eigenvalue weighted by Gasteiger charge is -2.38. The number of para-hydroxylation sites is 2. The fourth-order valence-electron chi connectivity index (χ4n) is 4.30. The lowest BCUT2D eigenvalue weighted by atomic mass is 9.76. The van der Waals surface area contributed by atoms with Gasteiger partial charge in [0.25, 0.3) is 0 Å². The monoisotopic (exact) mass is 363 g/mol. The molecule has 3 atom stereocenters. The zero-order chi connectivity index (χ0) is 18.8. The summed E-state index contributed by atoms with van der Waals surface area (Å²) in [4.78, 5) is 0. The molecule has 0 bridgehead atoms. The number of hydrogen-bond acceptors (Lipinski definition) is 3. The van der Waals surface area contributed by atoms with Crippen LogP contribution in [0.15, 0.2) is 54.6 Å². The van der Waals surface area contributed by atoms with Gasteiger partial charge in [-0.15, -0.1) is 0 Å². The predicted molar refractivity (Wildman–Crippen MR) is 111 cm³/mol. The van der Waals surface area contributed by atoms with E-state index in [0.717, 1.165) is 30.2 Å². The second kappa shape index (κ2) is 7.67. The Morgan fingerprint density at radius 1 is 1.00 bits per heavy atom. The fraction of sp³-hybridized carbons (Fsp3) is 0.417. The number of rotatable bonds is 6. The Morgan fingerprint density at radius 2 is 1.78 bits per heavy atom. The SMILES string of the molecule is CCOc1ccccc1C1Nc2c(OCC(C)C)cccc2C2C=CCC21. The number of fused-ring (bicyclic) bond motifs is 3. The van der Waals surface area contributed by atoms with Gasteiger partial charge in [-0.1, -0.05) is 56.3 Å². The molecule has 1 aliphatic carbocycles. The van der Waals surface area contributed by atoms with Gasteiger partial charge in [0.2, 0.25) is 0 Å². The molecule has 3 heteroatoms. The summed E-state index contributed by atoms with van der Waals surface area (Å²) < 4.78 is 12.1. The first-order valence-corrected chi connectivity index (χ1v) is 10.1. The van der Waals surface area contributed by atoms with Gasteiger partial charge < -0.3 is 14.8 Å². The molecule has 2 aromatic rings. The first-order chi connectivity index (χ1) is 13.2. The van der Waals surface area contributed by atoms with E-state index in [-0.39, 0.29) is 6.04 Å². The molecule has 0 fully saturated rings. The number of ether oxygens (including phenoxy) is 2. The van der Waals surface area contributed by atoms with Crippen molar-refractivity contribution in [3.8, 4) is 11.5 Å². The molecule has 0 radical (unpaired) electrons. The van der Waals surface area contributed by atoms with E-state index in [1.165, 1.54) is 11.1 Å². The van der Waals surface area contributed by atoms with Crippen molar-refractivity contribution in [3.63, 3.8) is 0 Å². The van der Waals surface area contributed by atoms with Crippen LogP contribution in [0.4, 0.5) is 5.69 Å². The van der Waals surface area contributed by atoms with Crippen molar-refractivity contribution in [2.45, 2.75) is 39.2 Å². The van der Waals surface area contributed by atoms with Crippen molar-refractivity contribution in [1.82, 2.24) is 0 Å². The number of benzene rings is 2. The van der Waals surface area contributed by atoms with E-state index in [1.807, 2.05) is 13.0 Å². The van der Waals surface area contributed by atoms with Gasteiger partial charge in [0.05, 0.1) is 24.9 Å². The Bertz CT molecular complexity index is 827. The first kappa shape index (κ1) is 18.0. The van der Waals surface area contributed by atoms with E-state index >= 15 is 0 Å². The van der Waals surface area contributed by atoms with E-state index in [9.17, 15) is 0 Å². The van der Waals surface area contributed by atoms with Crippen LogP contribution in [-0.2, 0) is 0 Å². The Labute approximate surface area is 162 Å². The maximum Gasteiger partial charge on any atom is 0.142 e. The predicted octanol–water partition coefficient (Wildman–Crippen LogP) is 5.95. The van der Waals surface area contributed by atoms with Crippen LogP contribution in [0.3, 0.4) is 0 Å². The number of hydrogen-bond donors (Lipinski definition) is 1. The minimum absolute atomic E-state index is 0.212. The van der Waals surface area contributed by atoms with Gasteiger partial charge >= 0.3 is 0 Å². The summed E-state index contributed by atoms with van der Waals surface area (Å²) in [5.41, 5.74) is 3.73. The molecule has 0 spiro atoms. The van der Waals surface area contributed by atoms with Crippen LogP contribution < -0.4 is 14.8 Å². The molecule has 1 N–H and O–H groups in total. The van der Waals surface area contributed by atoms with Gasteiger partial charge in [-0.2, -0.15) is 0 Å². The summed E-state index contributed by atoms with van der Waals surface area (Å²) >= 11 is 0. The molecule has 2 aromatic carbocycles. The van der Waals surface area contributed by atoms with Crippen LogP contribution in [0, 0.1) is 11.8 Å². The molecule has 1 heterocycles. The third-order valence-electron chi connectivity index (χ3n) is 5.48. The first-order valence-electron chi connectivity index (χ1n) is 10.1. The molecule has 4 rings (SSSR count). The molecule has 3 nitrogen and oxygen atoms in total. The smallest absolute Gasteiger partial charge is 0.142 e. The fourth-order valence-corrected chi connectivity index (χ4v) is 4.30. The van der Waals surface area contributed by atoms with Gasteiger partial charge in [-0.05, 0) is 42.9 Å². The van der Waals surface area contributed by atoms with Crippen molar-refractivity contribution in [2.75, 3.05) is 18.5 Å². The van der Waals surface area contributed by atoms with Gasteiger partial charge in [-0.3, -0.25) is 0 Å². The molecule has 0 aromatic heterocycles. The summed E-state index contributed by atoms with van der Waals surface area (Å²) in [6, 6.07) is 15.1. The minimum atomic E-state index is 0.212. The molecule has 0 amide bonds. The van der Waals surface area contributed by atoms with Crippen molar-refractivity contribution in [3.05, 3.63) is 65.7 Å². The van der Waals surface area contributed by atoms with E-state index in [4.69, 9.17) is 9.47 Å². The summed E-state index contributed by atoms with van der Waals surface area (Å²) in [5.74, 6) is 3.35. The third kappa shape index (κ3) is 3.43. The van der Waals surface area contributed by atoms with Gasteiger partial charge in [0.1, 0.15) is 11.5 Å². The molecular formula is C24H29NO2. The van der Waals surface area contributed by atoms with Crippen molar-refractivity contribution in [1.29, 1.82) is 0 Å². The summed E-state index contributed by atoms with van der Waals surface area (Å²) in [5, 5.41) is 3.83. The van der Waals surface area contributed by atoms with E-state index in [1.54, 1.807) is 0 Å². The average molecular weight is 364 g/mol. The highest BCUT2D eigenvalue weighted by atomic mass is 16.5. The molecule has 3 unspecified atom stereocenters.